The van der Waals surface area contributed by atoms with E-state index >= 15 is 0 Å². The summed E-state index contributed by atoms with van der Waals surface area (Å²) in [5.41, 5.74) is 2.93. The largest absolute Gasteiger partial charge is 0.413 e. The Morgan fingerprint density at radius 3 is 2.18 bits per heavy atom. The summed E-state index contributed by atoms with van der Waals surface area (Å²) in [4.78, 5) is 15.6. The Morgan fingerprint density at radius 2 is 1.64 bits per heavy atom. The van der Waals surface area contributed by atoms with Gasteiger partial charge in [0.15, 0.2) is 14.4 Å². The standard InChI is InChI=1S/C30H42F3N3O2Si/c1-28(2)24-11-9-8-10-22(24)20-25(28)34-23-14-12-21(13-15-23)26(30(31,32)33)35(4)27(37)36-18-16-29(3,17-19-36)38-39(5,6)7/h8-15,25-26,34H,16-20H2,1-7H3/t25?,26-/m0/s1. The van der Waals surface area contributed by atoms with Gasteiger partial charge in [-0.05, 0) is 74.7 Å². The summed E-state index contributed by atoms with van der Waals surface area (Å²) in [5, 5.41) is 3.53. The highest BCUT2D eigenvalue weighted by Crippen LogP contribution is 2.41. The number of carbonyl (C=O) groups is 1. The van der Waals surface area contributed by atoms with Crippen LogP contribution in [0.3, 0.4) is 0 Å². The molecule has 2 aromatic rings. The van der Waals surface area contributed by atoms with Crippen molar-refractivity contribution >= 4 is 20.0 Å². The number of fused-ring (bicyclic) bond motifs is 1. The summed E-state index contributed by atoms with van der Waals surface area (Å²) in [6, 6.07) is 12.2. The Hall–Kier alpha value is -2.52. The molecule has 0 bridgehead atoms. The zero-order chi connectivity index (χ0) is 28.8. The van der Waals surface area contributed by atoms with Crippen LogP contribution in [0, 0.1) is 0 Å². The Morgan fingerprint density at radius 1 is 1.05 bits per heavy atom. The highest BCUT2D eigenvalue weighted by Gasteiger charge is 2.47. The molecule has 5 nitrogen and oxygen atoms in total. The van der Waals surface area contributed by atoms with E-state index in [-0.39, 0.29) is 22.6 Å². The second-order valence-electron chi connectivity index (χ2n) is 12.9. The third-order valence-corrected chi connectivity index (χ3v) is 9.32. The minimum absolute atomic E-state index is 0.0433. The smallest absolute Gasteiger partial charge is 0.412 e. The lowest BCUT2D eigenvalue weighted by Crippen LogP contribution is -2.54. The van der Waals surface area contributed by atoms with Gasteiger partial charge in [0.05, 0.1) is 5.60 Å². The van der Waals surface area contributed by atoms with Crippen LogP contribution in [-0.2, 0) is 16.3 Å². The van der Waals surface area contributed by atoms with Gasteiger partial charge in [0.25, 0.3) is 0 Å². The zero-order valence-electron chi connectivity index (χ0n) is 24.2. The van der Waals surface area contributed by atoms with E-state index in [1.54, 1.807) is 12.1 Å². The van der Waals surface area contributed by atoms with Crippen molar-refractivity contribution in [1.29, 1.82) is 0 Å². The Balaban J connectivity index is 1.45. The van der Waals surface area contributed by atoms with E-state index in [2.05, 4.69) is 50.9 Å². The molecule has 0 radical (unpaired) electrons. The van der Waals surface area contributed by atoms with Crippen LogP contribution in [0.25, 0.3) is 0 Å². The fourth-order valence-corrected chi connectivity index (χ4v) is 7.84. The number of alkyl halides is 3. The van der Waals surface area contributed by atoms with Crippen molar-refractivity contribution in [3.8, 4) is 0 Å². The molecule has 39 heavy (non-hydrogen) atoms. The first kappa shape index (κ1) is 29.5. The Labute approximate surface area is 231 Å². The molecule has 2 amide bonds. The molecule has 2 aromatic carbocycles. The van der Waals surface area contributed by atoms with Crippen LogP contribution in [0.5, 0.6) is 0 Å². The van der Waals surface area contributed by atoms with Crippen LogP contribution in [0.2, 0.25) is 19.6 Å². The summed E-state index contributed by atoms with van der Waals surface area (Å²) in [7, 11) is -0.537. The number of urea groups is 1. The van der Waals surface area contributed by atoms with Crippen molar-refractivity contribution in [2.75, 3.05) is 25.5 Å². The van der Waals surface area contributed by atoms with E-state index in [4.69, 9.17) is 4.43 Å². The third-order valence-electron chi connectivity index (χ3n) is 8.22. The number of amides is 2. The zero-order valence-corrected chi connectivity index (χ0v) is 25.2. The molecule has 1 fully saturated rings. The molecule has 1 aliphatic carbocycles. The average molecular weight is 562 g/mol. The molecule has 4 rings (SSSR count). The normalized spacial score (nSPS) is 21.3. The van der Waals surface area contributed by atoms with Crippen LogP contribution in [0.4, 0.5) is 23.7 Å². The van der Waals surface area contributed by atoms with Crippen LogP contribution >= 0.6 is 0 Å². The van der Waals surface area contributed by atoms with E-state index in [0.717, 1.165) is 17.0 Å². The second kappa shape index (κ2) is 10.5. The summed E-state index contributed by atoms with van der Waals surface area (Å²) >= 11 is 0. The number of nitrogens with zero attached hydrogens (tertiary/aromatic N) is 2. The number of halogens is 3. The van der Waals surface area contributed by atoms with Gasteiger partial charge in [-0.1, -0.05) is 50.2 Å². The molecule has 9 heteroatoms. The topological polar surface area (TPSA) is 44.8 Å². The molecule has 1 saturated heterocycles. The SMILES string of the molecule is CN(C(=O)N1CCC(C)(O[Si](C)(C)C)CC1)[C@@H](c1ccc(NC2Cc3ccccc3C2(C)C)cc1)C(F)(F)F. The van der Waals surface area contributed by atoms with Crippen LogP contribution in [0.15, 0.2) is 48.5 Å². The fraction of sp³-hybridized carbons (Fsp3) is 0.567. The molecule has 2 atom stereocenters. The van der Waals surface area contributed by atoms with Gasteiger partial charge in [-0.2, -0.15) is 13.2 Å². The first-order valence-electron chi connectivity index (χ1n) is 13.7. The molecule has 0 spiro atoms. The van der Waals surface area contributed by atoms with Crippen molar-refractivity contribution in [1.82, 2.24) is 9.80 Å². The number of nitrogens with one attached hydrogen (secondary N) is 1. The predicted octanol–water partition coefficient (Wildman–Crippen LogP) is 7.36. The predicted molar refractivity (Wildman–Crippen MR) is 153 cm³/mol. The highest BCUT2D eigenvalue weighted by molar-refractivity contribution is 6.69. The molecular formula is C30H42F3N3O2Si. The van der Waals surface area contributed by atoms with Gasteiger partial charge in [0.2, 0.25) is 0 Å². The molecular weight excluding hydrogens is 519 g/mol. The summed E-state index contributed by atoms with van der Waals surface area (Å²) in [6.45, 7) is 13.5. The van der Waals surface area contributed by atoms with Crippen molar-refractivity contribution in [3.63, 3.8) is 0 Å². The van der Waals surface area contributed by atoms with Gasteiger partial charge >= 0.3 is 12.2 Å². The second-order valence-corrected chi connectivity index (χ2v) is 17.3. The molecule has 1 heterocycles. The Kier molecular flexibility index (Phi) is 7.91. The van der Waals surface area contributed by atoms with Crippen molar-refractivity contribution in [2.24, 2.45) is 0 Å². The van der Waals surface area contributed by atoms with Crippen LogP contribution in [-0.4, -0.2) is 62.1 Å². The molecule has 1 aliphatic heterocycles. The lowest BCUT2D eigenvalue weighted by molar-refractivity contribution is -0.177. The first-order chi connectivity index (χ1) is 18.0. The number of benzene rings is 2. The lowest BCUT2D eigenvalue weighted by Gasteiger charge is -2.44. The Bertz CT molecular complexity index is 1170. The fourth-order valence-electron chi connectivity index (χ4n) is 6.16. The van der Waals surface area contributed by atoms with Crippen molar-refractivity contribution in [2.45, 2.75) is 89.0 Å². The quantitative estimate of drug-likeness (QED) is 0.375. The van der Waals surface area contributed by atoms with Crippen LogP contribution in [0.1, 0.15) is 56.3 Å². The monoisotopic (exact) mass is 561 g/mol. The average Bonchev–Trinajstić information content (AvgIpc) is 3.07. The van der Waals surface area contributed by atoms with E-state index < -0.39 is 26.6 Å². The minimum atomic E-state index is -4.61. The summed E-state index contributed by atoms with van der Waals surface area (Å²) in [5.74, 6) is 0. The number of likely N-dealkylation sites (tertiary alicyclic amines) is 1. The molecule has 2 aliphatic rings. The first-order valence-corrected chi connectivity index (χ1v) is 17.1. The highest BCUT2D eigenvalue weighted by atomic mass is 28.4. The maximum atomic E-state index is 14.3. The van der Waals surface area contributed by atoms with Crippen molar-refractivity contribution < 1.29 is 22.4 Å². The summed E-state index contributed by atoms with van der Waals surface area (Å²) < 4.78 is 49.3. The maximum Gasteiger partial charge on any atom is 0.413 e. The number of hydrogen-bond acceptors (Lipinski definition) is 3. The van der Waals surface area contributed by atoms with Gasteiger partial charge in [-0.25, -0.2) is 4.79 Å². The third kappa shape index (κ3) is 6.46. The van der Waals surface area contributed by atoms with E-state index in [0.29, 0.717) is 25.9 Å². The number of hydrogen-bond donors (Lipinski definition) is 1. The number of carbonyl (C=O) groups excluding carboxylic acids is 1. The number of anilines is 1. The molecule has 214 valence electrons. The van der Waals surface area contributed by atoms with Gasteiger partial charge in [0, 0.05) is 37.3 Å². The number of rotatable bonds is 6. The van der Waals surface area contributed by atoms with Crippen molar-refractivity contribution in [3.05, 3.63) is 65.2 Å². The van der Waals surface area contributed by atoms with Gasteiger partial charge < -0.3 is 19.5 Å². The number of piperidine rings is 1. The lowest BCUT2D eigenvalue weighted by atomic mass is 9.83. The molecule has 0 aromatic heterocycles. The van der Waals surface area contributed by atoms with Gasteiger partial charge in [0.1, 0.15) is 0 Å². The van der Waals surface area contributed by atoms with E-state index in [1.165, 1.54) is 35.2 Å². The van der Waals surface area contributed by atoms with Gasteiger partial charge in [-0.15, -0.1) is 0 Å². The summed E-state index contributed by atoms with van der Waals surface area (Å²) in [6.07, 6.45) is -2.55. The maximum absolute atomic E-state index is 14.3. The van der Waals surface area contributed by atoms with E-state index in [1.807, 2.05) is 19.1 Å². The van der Waals surface area contributed by atoms with Gasteiger partial charge in [-0.3, -0.25) is 0 Å². The van der Waals surface area contributed by atoms with Crippen LogP contribution < -0.4 is 5.32 Å². The molecule has 1 unspecified atom stereocenters. The minimum Gasteiger partial charge on any atom is -0.412 e. The molecule has 1 N–H and O–H groups in total. The van der Waals surface area contributed by atoms with E-state index in [9.17, 15) is 18.0 Å². The molecule has 0 saturated carbocycles.